The molecule has 1 N–H and O–H groups in total. The largest absolute Gasteiger partial charge is 0.468 e. The van der Waals surface area contributed by atoms with E-state index in [0.717, 1.165) is 38.3 Å². The van der Waals surface area contributed by atoms with E-state index in [2.05, 4.69) is 17.4 Å². The normalized spacial score (nSPS) is 25.1. The summed E-state index contributed by atoms with van der Waals surface area (Å²) in [4.78, 5) is 14.6. The lowest BCUT2D eigenvalue weighted by atomic mass is 10.1. The molecule has 2 aliphatic rings. The molecule has 1 aliphatic heterocycles. The van der Waals surface area contributed by atoms with Crippen LogP contribution in [0.25, 0.3) is 0 Å². The number of nitrogens with zero attached hydrogens (tertiary/aromatic N) is 2. The van der Waals surface area contributed by atoms with Crippen molar-refractivity contribution in [1.29, 1.82) is 0 Å². The number of methoxy groups -OCH3 is 1. The van der Waals surface area contributed by atoms with E-state index in [-0.39, 0.29) is 18.6 Å². The van der Waals surface area contributed by atoms with Gasteiger partial charge in [-0.1, -0.05) is 12.1 Å². The second-order valence-corrected chi connectivity index (χ2v) is 6.33. The predicted molar refractivity (Wildman–Crippen MR) is 87.0 cm³/mol. The maximum Gasteiger partial charge on any atom is 0.238 e. The fraction of sp³-hybridized carbons (Fsp3) is 0.588. The first kappa shape index (κ1) is 16.2. The van der Waals surface area contributed by atoms with Gasteiger partial charge in [0, 0.05) is 39.2 Å². The van der Waals surface area contributed by atoms with Crippen LogP contribution in [0, 0.1) is 5.92 Å². The molecule has 6 nitrogen and oxygen atoms in total. The molecule has 0 spiro atoms. The van der Waals surface area contributed by atoms with E-state index in [9.17, 15) is 4.79 Å². The summed E-state index contributed by atoms with van der Waals surface area (Å²) < 4.78 is 10.3. The number of ether oxygens (including phenoxy) is 2. The number of amides is 1. The molecule has 2 atom stereocenters. The van der Waals surface area contributed by atoms with Crippen molar-refractivity contribution in [2.75, 3.05) is 47.1 Å². The van der Waals surface area contributed by atoms with Crippen LogP contribution >= 0.6 is 0 Å². The number of nitrogens with one attached hydrogen (secondary N) is 1. The number of carbonyl (C=O) groups is 1. The van der Waals surface area contributed by atoms with Crippen molar-refractivity contribution >= 4 is 5.91 Å². The minimum Gasteiger partial charge on any atom is -0.468 e. The molecule has 23 heavy (non-hydrogen) atoms. The second-order valence-electron chi connectivity index (χ2n) is 6.33. The summed E-state index contributed by atoms with van der Waals surface area (Å²) in [5, 5.41) is 2.04. The predicted octanol–water partition coefficient (Wildman–Crippen LogP) is 1.05. The van der Waals surface area contributed by atoms with Gasteiger partial charge >= 0.3 is 0 Å². The first-order chi connectivity index (χ1) is 11.2. The smallest absolute Gasteiger partial charge is 0.238 e. The number of benzene rings is 1. The summed E-state index contributed by atoms with van der Waals surface area (Å²) in [6.45, 7) is 4.03. The molecule has 1 heterocycles. The highest BCUT2D eigenvalue weighted by Crippen LogP contribution is 2.47. The number of rotatable bonds is 6. The van der Waals surface area contributed by atoms with Crippen LogP contribution in [0.2, 0.25) is 0 Å². The van der Waals surface area contributed by atoms with E-state index in [1.807, 2.05) is 29.3 Å². The van der Waals surface area contributed by atoms with E-state index < -0.39 is 0 Å². The lowest BCUT2D eigenvalue weighted by Gasteiger charge is -2.32. The lowest BCUT2D eigenvalue weighted by molar-refractivity contribution is -0.128. The van der Waals surface area contributed by atoms with Gasteiger partial charge in [0.2, 0.25) is 5.91 Å². The van der Waals surface area contributed by atoms with Gasteiger partial charge in [0.05, 0.1) is 0 Å². The fourth-order valence-corrected chi connectivity index (χ4v) is 2.95. The van der Waals surface area contributed by atoms with Crippen LogP contribution in [0.15, 0.2) is 24.3 Å². The molecule has 126 valence electrons. The summed E-state index contributed by atoms with van der Waals surface area (Å²) in [6, 6.07) is 7.95. The van der Waals surface area contributed by atoms with E-state index in [1.165, 1.54) is 5.56 Å². The van der Waals surface area contributed by atoms with E-state index in [1.54, 1.807) is 7.11 Å². The molecule has 1 aliphatic carbocycles. The maximum atomic E-state index is 12.3. The number of hydrogen-bond donors (Lipinski definition) is 1. The van der Waals surface area contributed by atoms with Gasteiger partial charge < -0.3 is 14.4 Å². The SMILES string of the molecule is COCOc1ccc(C2CC2C(=O)NN2CCN(C)CC2)cc1. The molecular formula is C17H25N3O3. The molecule has 2 unspecified atom stereocenters. The Morgan fingerprint density at radius 1 is 1.22 bits per heavy atom. The first-order valence-electron chi connectivity index (χ1n) is 8.13. The Balaban J connectivity index is 1.47. The van der Waals surface area contributed by atoms with Crippen molar-refractivity contribution < 1.29 is 14.3 Å². The molecule has 0 bridgehead atoms. The van der Waals surface area contributed by atoms with Crippen molar-refractivity contribution in [3.05, 3.63) is 29.8 Å². The third-order valence-corrected chi connectivity index (χ3v) is 4.55. The molecule has 1 saturated carbocycles. The van der Waals surface area contributed by atoms with Crippen molar-refractivity contribution in [2.45, 2.75) is 12.3 Å². The Bertz CT molecular complexity index is 526. The van der Waals surface area contributed by atoms with Crippen molar-refractivity contribution in [1.82, 2.24) is 15.3 Å². The molecule has 1 amide bonds. The van der Waals surface area contributed by atoms with Crippen LogP contribution in [-0.2, 0) is 9.53 Å². The number of likely N-dealkylation sites (N-methyl/N-ethyl adjacent to an activating group) is 1. The average Bonchev–Trinajstić information content (AvgIpc) is 3.36. The Labute approximate surface area is 137 Å². The molecular weight excluding hydrogens is 294 g/mol. The maximum absolute atomic E-state index is 12.3. The molecule has 6 heteroatoms. The molecule has 1 aromatic rings. The highest BCUT2D eigenvalue weighted by Gasteiger charge is 2.44. The van der Waals surface area contributed by atoms with E-state index >= 15 is 0 Å². The number of carbonyl (C=O) groups excluding carboxylic acids is 1. The van der Waals surface area contributed by atoms with Crippen LogP contribution in [0.3, 0.4) is 0 Å². The van der Waals surface area contributed by atoms with Crippen LogP contribution < -0.4 is 10.2 Å². The third kappa shape index (κ3) is 4.22. The summed E-state index contributed by atoms with van der Waals surface area (Å²) in [7, 11) is 3.71. The van der Waals surface area contributed by atoms with Gasteiger partial charge in [-0.15, -0.1) is 0 Å². The molecule has 0 aromatic heterocycles. The zero-order chi connectivity index (χ0) is 16.2. The summed E-state index contributed by atoms with van der Waals surface area (Å²) >= 11 is 0. The van der Waals surface area contributed by atoms with Crippen LogP contribution in [-0.4, -0.2) is 62.9 Å². The van der Waals surface area contributed by atoms with Crippen LogP contribution in [0.1, 0.15) is 17.9 Å². The summed E-state index contributed by atoms with van der Waals surface area (Å²) in [5.41, 5.74) is 4.27. The van der Waals surface area contributed by atoms with Crippen molar-refractivity contribution in [3.8, 4) is 5.75 Å². The van der Waals surface area contributed by atoms with Crippen molar-refractivity contribution in [2.24, 2.45) is 5.92 Å². The van der Waals surface area contributed by atoms with Gasteiger partial charge in [-0.2, -0.15) is 0 Å². The molecule has 2 fully saturated rings. The minimum absolute atomic E-state index is 0.0976. The monoisotopic (exact) mass is 319 g/mol. The second kappa shape index (κ2) is 7.29. The van der Waals surface area contributed by atoms with Gasteiger partial charge in [-0.05, 0) is 37.1 Å². The summed E-state index contributed by atoms with van der Waals surface area (Å²) in [5.74, 6) is 1.37. The van der Waals surface area contributed by atoms with Gasteiger partial charge in [0.25, 0.3) is 0 Å². The Morgan fingerprint density at radius 2 is 1.91 bits per heavy atom. The first-order valence-corrected chi connectivity index (χ1v) is 8.13. The van der Waals surface area contributed by atoms with Gasteiger partial charge in [0.15, 0.2) is 6.79 Å². The topological polar surface area (TPSA) is 54.0 Å². The summed E-state index contributed by atoms with van der Waals surface area (Å²) in [6.07, 6.45) is 0.928. The van der Waals surface area contributed by atoms with Crippen LogP contribution in [0.5, 0.6) is 5.75 Å². The zero-order valence-electron chi connectivity index (χ0n) is 13.8. The van der Waals surface area contributed by atoms with E-state index in [0.29, 0.717) is 5.92 Å². The number of hydrazine groups is 1. The molecule has 1 aromatic carbocycles. The standard InChI is InChI=1S/C17H25N3O3/c1-19-7-9-20(10-8-19)18-17(21)16-11-15(16)13-3-5-14(6-4-13)23-12-22-2/h3-6,15-16H,7-12H2,1-2H3,(H,18,21). The van der Waals surface area contributed by atoms with Gasteiger partial charge in [0.1, 0.15) is 5.75 Å². The fourth-order valence-electron chi connectivity index (χ4n) is 2.95. The van der Waals surface area contributed by atoms with E-state index in [4.69, 9.17) is 9.47 Å². The Kier molecular flexibility index (Phi) is 5.15. The molecule has 0 radical (unpaired) electrons. The average molecular weight is 319 g/mol. The lowest BCUT2D eigenvalue weighted by Crippen LogP contribution is -2.53. The molecule has 1 saturated heterocycles. The zero-order valence-corrected chi connectivity index (χ0v) is 13.8. The highest BCUT2D eigenvalue weighted by atomic mass is 16.7. The minimum atomic E-state index is 0.0976. The third-order valence-electron chi connectivity index (χ3n) is 4.55. The molecule has 3 rings (SSSR count). The van der Waals surface area contributed by atoms with Gasteiger partial charge in [-0.25, -0.2) is 5.01 Å². The van der Waals surface area contributed by atoms with Crippen molar-refractivity contribution in [3.63, 3.8) is 0 Å². The Morgan fingerprint density at radius 3 is 2.57 bits per heavy atom. The Hall–Kier alpha value is -1.63. The number of hydrogen-bond acceptors (Lipinski definition) is 5. The van der Waals surface area contributed by atoms with Crippen LogP contribution in [0.4, 0.5) is 0 Å². The number of piperazine rings is 1. The quantitative estimate of drug-likeness (QED) is 0.795. The van der Waals surface area contributed by atoms with Gasteiger partial charge in [-0.3, -0.25) is 10.2 Å². The highest BCUT2D eigenvalue weighted by molar-refractivity contribution is 5.82.